The summed E-state index contributed by atoms with van der Waals surface area (Å²) in [6.07, 6.45) is 1.87. The number of nitrogens with one attached hydrogen (secondary N) is 1. The molecule has 0 atom stereocenters. The summed E-state index contributed by atoms with van der Waals surface area (Å²) in [5.74, 6) is 0.437. The minimum Gasteiger partial charge on any atom is -0.476 e. The van der Waals surface area contributed by atoms with E-state index in [9.17, 15) is 10.1 Å². The Balaban J connectivity index is 3.12. The number of nitro groups is 1. The quantitative estimate of drug-likeness (QED) is 0.436. The molecule has 1 aromatic rings. The molecule has 19 heavy (non-hydrogen) atoms. The first kappa shape index (κ1) is 15.1. The van der Waals surface area contributed by atoms with Gasteiger partial charge in [0.15, 0.2) is 5.82 Å². The van der Waals surface area contributed by atoms with E-state index < -0.39 is 4.92 Å². The molecule has 106 valence electrons. The van der Waals surface area contributed by atoms with Crippen LogP contribution >= 0.6 is 0 Å². The Bertz CT molecular complexity index is 439. The smallest absolute Gasteiger partial charge is 0.372 e. The zero-order valence-electron chi connectivity index (χ0n) is 11.3. The van der Waals surface area contributed by atoms with Gasteiger partial charge in [0.05, 0.1) is 12.0 Å². The normalized spacial score (nSPS) is 10.3. The number of aromatic nitrogens is 2. The lowest BCUT2D eigenvalue weighted by molar-refractivity contribution is -0.385. The topological polar surface area (TPSA) is 99.4 Å². The summed E-state index contributed by atoms with van der Waals surface area (Å²) in [5, 5.41) is 14.0. The number of methoxy groups -OCH3 is 2. The summed E-state index contributed by atoms with van der Waals surface area (Å²) >= 11 is 0. The molecule has 0 amide bonds. The van der Waals surface area contributed by atoms with Crippen LogP contribution in [0, 0.1) is 10.1 Å². The third-order valence-electron chi connectivity index (χ3n) is 2.37. The highest BCUT2D eigenvalue weighted by Gasteiger charge is 2.25. The molecule has 1 N–H and O–H groups in total. The van der Waals surface area contributed by atoms with E-state index in [0.717, 1.165) is 12.8 Å². The van der Waals surface area contributed by atoms with Crippen LogP contribution in [0.2, 0.25) is 0 Å². The van der Waals surface area contributed by atoms with Crippen molar-refractivity contribution in [3.05, 3.63) is 15.9 Å². The summed E-state index contributed by atoms with van der Waals surface area (Å²) in [6, 6.07) is 0. The van der Waals surface area contributed by atoms with Crippen LogP contribution in [0.1, 0.15) is 25.6 Å². The van der Waals surface area contributed by atoms with Crippen molar-refractivity contribution in [2.75, 3.05) is 26.1 Å². The molecule has 1 heterocycles. The largest absolute Gasteiger partial charge is 0.476 e. The maximum absolute atomic E-state index is 11.1. The Morgan fingerprint density at radius 3 is 2.63 bits per heavy atom. The monoisotopic (exact) mass is 270 g/mol. The maximum Gasteiger partial charge on any atom is 0.372 e. The average Bonchev–Trinajstić information content (AvgIpc) is 2.38. The molecule has 0 aromatic carbocycles. The first-order chi connectivity index (χ1) is 9.13. The fraction of sp³-hybridized carbons (Fsp3) is 0.636. The molecule has 0 unspecified atom stereocenters. The number of hydrogen-bond donors (Lipinski definition) is 1. The number of ether oxygens (including phenoxy) is 2. The van der Waals surface area contributed by atoms with E-state index in [4.69, 9.17) is 9.47 Å². The number of anilines is 1. The van der Waals surface area contributed by atoms with Gasteiger partial charge in [-0.05, 0) is 6.42 Å². The maximum atomic E-state index is 11.1. The summed E-state index contributed by atoms with van der Waals surface area (Å²) in [4.78, 5) is 18.6. The lowest BCUT2D eigenvalue weighted by Gasteiger charge is -2.09. The molecule has 0 spiro atoms. The fourth-order valence-electron chi connectivity index (χ4n) is 1.49. The second kappa shape index (κ2) is 7.47. The molecule has 1 aromatic heterocycles. The first-order valence-corrected chi connectivity index (χ1v) is 5.96. The van der Waals surface area contributed by atoms with Crippen LogP contribution < -0.4 is 10.1 Å². The number of hydrogen-bond acceptors (Lipinski definition) is 7. The zero-order chi connectivity index (χ0) is 14.3. The lowest BCUT2D eigenvalue weighted by Crippen LogP contribution is -2.11. The Labute approximate surface area is 111 Å². The molecule has 0 saturated carbocycles. The van der Waals surface area contributed by atoms with Gasteiger partial charge in [0, 0.05) is 13.7 Å². The SMILES string of the molecule is CCCCNc1nc(COC)nc(OC)c1[N+](=O)[O-]. The van der Waals surface area contributed by atoms with Crippen molar-refractivity contribution >= 4 is 11.5 Å². The molecular weight excluding hydrogens is 252 g/mol. The van der Waals surface area contributed by atoms with E-state index >= 15 is 0 Å². The van der Waals surface area contributed by atoms with Crippen molar-refractivity contribution < 1.29 is 14.4 Å². The molecule has 0 aliphatic carbocycles. The van der Waals surface area contributed by atoms with Crippen LogP contribution in [-0.2, 0) is 11.3 Å². The van der Waals surface area contributed by atoms with E-state index in [0.29, 0.717) is 12.4 Å². The highest BCUT2D eigenvalue weighted by atomic mass is 16.6. The van der Waals surface area contributed by atoms with E-state index in [1.165, 1.54) is 14.2 Å². The Hall–Kier alpha value is -1.96. The number of rotatable bonds is 8. The van der Waals surface area contributed by atoms with Crippen molar-refractivity contribution in [1.82, 2.24) is 9.97 Å². The molecule has 1 rings (SSSR count). The second-order valence-electron chi connectivity index (χ2n) is 3.82. The Kier molecular flexibility index (Phi) is 5.94. The second-order valence-corrected chi connectivity index (χ2v) is 3.82. The summed E-state index contributed by atoms with van der Waals surface area (Å²) in [6.45, 7) is 2.80. The predicted molar refractivity (Wildman–Crippen MR) is 69.3 cm³/mol. The third kappa shape index (κ3) is 4.02. The molecule has 8 nitrogen and oxygen atoms in total. The first-order valence-electron chi connectivity index (χ1n) is 5.96. The summed E-state index contributed by atoms with van der Waals surface area (Å²) in [5.41, 5.74) is -0.251. The predicted octanol–water partition coefficient (Wildman–Crippen LogP) is 1.75. The van der Waals surface area contributed by atoms with Crippen LogP contribution in [0.4, 0.5) is 11.5 Å². The zero-order valence-corrected chi connectivity index (χ0v) is 11.3. The summed E-state index contributed by atoms with van der Waals surface area (Å²) in [7, 11) is 2.84. The molecule has 0 bridgehead atoms. The Morgan fingerprint density at radius 2 is 2.11 bits per heavy atom. The van der Waals surface area contributed by atoms with Crippen molar-refractivity contribution in [3.8, 4) is 5.88 Å². The van der Waals surface area contributed by atoms with Crippen molar-refractivity contribution in [2.24, 2.45) is 0 Å². The van der Waals surface area contributed by atoms with Crippen LogP contribution in [0.15, 0.2) is 0 Å². The molecule has 0 radical (unpaired) electrons. The van der Waals surface area contributed by atoms with Gasteiger partial charge < -0.3 is 14.8 Å². The molecule has 0 fully saturated rings. The van der Waals surface area contributed by atoms with Gasteiger partial charge in [0.2, 0.25) is 5.82 Å². The van der Waals surface area contributed by atoms with Gasteiger partial charge in [-0.15, -0.1) is 0 Å². The highest BCUT2D eigenvalue weighted by molar-refractivity contribution is 5.61. The molecule has 0 aliphatic heterocycles. The van der Waals surface area contributed by atoms with Gasteiger partial charge >= 0.3 is 5.69 Å². The molecule has 8 heteroatoms. The Morgan fingerprint density at radius 1 is 1.37 bits per heavy atom. The van der Waals surface area contributed by atoms with E-state index in [-0.39, 0.29) is 24.0 Å². The van der Waals surface area contributed by atoms with Gasteiger partial charge in [-0.25, -0.2) is 4.98 Å². The lowest BCUT2D eigenvalue weighted by atomic mass is 10.3. The minimum absolute atomic E-state index is 0.0638. The fourth-order valence-corrected chi connectivity index (χ4v) is 1.49. The van der Waals surface area contributed by atoms with Crippen LogP contribution in [0.5, 0.6) is 5.88 Å². The highest BCUT2D eigenvalue weighted by Crippen LogP contribution is 2.31. The van der Waals surface area contributed by atoms with E-state index in [1.807, 2.05) is 6.92 Å². The van der Waals surface area contributed by atoms with E-state index in [1.54, 1.807) is 0 Å². The average molecular weight is 270 g/mol. The molecule has 0 aliphatic rings. The standard InChI is InChI=1S/C11H18N4O4/c1-4-5-6-12-10-9(15(16)17)11(19-3)14-8(13-10)7-18-2/h4-7H2,1-3H3,(H,12,13,14). The van der Waals surface area contributed by atoms with Crippen LogP contribution in [-0.4, -0.2) is 35.7 Å². The van der Waals surface area contributed by atoms with Gasteiger partial charge in [-0.2, -0.15) is 4.98 Å². The van der Waals surface area contributed by atoms with Gasteiger partial charge in [0.1, 0.15) is 6.61 Å². The number of nitrogens with zero attached hydrogens (tertiary/aromatic N) is 3. The van der Waals surface area contributed by atoms with E-state index in [2.05, 4.69) is 15.3 Å². The van der Waals surface area contributed by atoms with Gasteiger partial charge in [0.25, 0.3) is 5.88 Å². The third-order valence-corrected chi connectivity index (χ3v) is 2.37. The summed E-state index contributed by atoms with van der Waals surface area (Å²) < 4.78 is 9.88. The van der Waals surface area contributed by atoms with Crippen LogP contribution in [0.3, 0.4) is 0 Å². The van der Waals surface area contributed by atoms with Crippen molar-refractivity contribution in [2.45, 2.75) is 26.4 Å². The van der Waals surface area contributed by atoms with Gasteiger partial charge in [-0.1, -0.05) is 13.3 Å². The van der Waals surface area contributed by atoms with Crippen LogP contribution in [0.25, 0.3) is 0 Å². The molecule has 0 saturated heterocycles. The van der Waals surface area contributed by atoms with Crippen molar-refractivity contribution in [3.63, 3.8) is 0 Å². The minimum atomic E-state index is -0.552. The molecular formula is C11H18N4O4. The van der Waals surface area contributed by atoms with Crippen molar-refractivity contribution in [1.29, 1.82) is 0 Å². The van der Waals surface area contributed by atoms with Gasteiger partial charge in [-0.3, -0.25) is 10.1 Å². The number of unbranched alkanes of at least 4 members (excludes halogenated alkanes) is 1.